The number of amides is 1. The van der Waals surface area contributed by atoms with Gasteiger partial charge in [-0.15, -0.1) is 10.2 Å². The number of rotatable bonds is 6. The van der Waals surface area contributed by atoms with Crippen molar-refractivity contribution in [3.8, 4) is 0 Å². The number of carboxylic acid groups (broad SMARTS) is 1. The van der Waals surface area contributed by atoms with Crippen LogP contribution < -0.4 is 5.32 Å². The maximum atomic E-state index is 12.1. The maximum absolute atomic E-state index is 12.1. The Hall–Kier alpha value is -1.59. The van der Waals surface area contributed by atoms with Gasteiger partial charge in [-0.3, -0.25) is 9.59 Å². The Kier molecular flexibility index (Phi) is 5.14. The molecule has 0 fully saturated rings. The van der Waals surface area contributed by atoms with Crippen molar-refractivity contribution in [2.75, 3.05) is 18.9 Å². The van der Waals surface area contributed by atoms with Crippen LogP contribution in [-0.4, -0.2) is 53.5 Å². The predicted octanol–water partition coefficient (Wildman–Crippen LogP) is -0.162. The molecule has 1 heterocycles. The van der Waals surface area contributed by atoms with Gasteiger partial charge in [0.2, 0.25) is 15.4 Å². The lowest BCUT2D eigenvalue weighted by Gasteiger charge is -2.17. The van der Waals surface area contributed by atoms with Gasteiger partial charge in [-0.05, 0) is 0 Å². The zero-order valence-electron chi connectivity index (χ0n) is 11.0. The first-order chi connectivity index (χ1) is 9.14. The number of carbonyl (C=O) groups is 2. The highest BCUT2D eigenvalue weighted by Gasteiger charge is 2.28. The van der Waals surface area contributed by atoms with Crippen molar-refractivity contribution < 1.29 is 23.1 Å². The molecule has 20 heavy (non-hydrogen) atoms. The Labute approximate surface area is 119 Å². The van der Waals surface area contributed by atoms with E-state index in [1.165, 1.54) is 20.9 Å². The second kappa shape index (κ2) is 6.24. The van der Waals surface area contributed by atoms with Crippen molar-refractivity contribution in [1.82, 2.24) is 14.5 Å². The molecule has 0 aliphatic heterocycles. The highest BCUT2D eigenvalue weighted by Crippen LogP contribution is 2.23. The summed E-state index contributed by atoms with van der Waals surface area (Å²) in [4.78, 5) is 21.6. The average molecular weight is 322 g/mol. The number of sulfonamides is 1. The standard InChI is InChI=1S/C9H14N4O5S2/c1-5(7(15)16)4-13(3)20(17,18)9-12-11-8(19-9)10-6(2)14/h5H,4H2,1-3H3,(H,15,16)(H,10,11,14). The van der Waals surface area contributed by atoms with Gasteiger partial charge in [-0.2, -0.15) is 4.31 Å². The van der Waals surface area contributed by atoms with Crippen LogP contribution >= 0.6 is 11.3 Å². The topological polar surface area (TPSA) is 130 Å². The van der Waals surface area contributed by atoms with Crippen LogP contribution in [0.5, 0.6) is 0 Å². The van der Waals surface area contributed by atoms with Crippen molar-refractivity contribution in [1.29, 1.82) is 0 Å². The molecule has 112 valence electrons. The molecule has 0 aromatic carbocycles. The average Bonchev–Trinajstić information content (AvgIpc) is 2.76. The van der Waals surface area contributed by atoms with Crippen molar-refractivity contribution in [3.05, 3.63) is 0 Å². The van der Waals surface area contributed by atoms with Gasteiger partial charge in [0.15, 0.2) is 0 Å². The normalized spacial score (nSPS) is 13.2. The Balaban J connectivity index is 2.90. The summed E-state index contributed by atoms with van der Waals surface area (Å²) in [5.41, 5.74) is 0. The van der Waals surface area contributed by atoms with E-state index in [0.717, 1.165) is 4.31 Å². The number of hydrogen-bond acceptors (Lipinski definition) is 7. The highest BCUT2D eigenvalue weighted by molar-refractivity contribution is 7.91. The second-order valence-corrected chi connectivity index (χ2v) is 7.28. The van der Waals surface area contributed by atoms with Gasteiger partial charge < -0.3 is 10.4 Å². The molecule has 0 saturated heterocycles. The predicted molar refractivity (Wildman–Crippen MR) is 70.8 cm³/mol. The first-order valence-electron chi connectivity index (χ1n) is 5.45. The zero-order valence-corrected chi connectivity index (χ0v) is 12.7. The summed E-state index contributed by atoms with van der Waals surface area (Å²) in [6.45, 7) is 2.47. The number of hydrogen-bond donors (Lipinski definition) is 2. The lowest BCUT2D eigenvalue weighted by molar-refractivity contribution is -0.141. The molecule has 0 aliphatic carbocycles. The van der Waals surface area contributed by atoms with E-state index in [2.05, 4.69) is 15.5 Å². The molecule has 9 nitrogen and oxygen atoms in total. The van der Waals surface area contributed by atoms with E-state index in [1.54, 1.807) is 0 Å². The number of nitrogens with one attached hydrogen (secondary N) is 1. The van der Waals surface area contributed by atoms with Crippen molar-refractivity contribution in [3.63, 3.8) is 0 Å². The summed E-state index contributed by atoms with van der Waals surface area (Å²) in [7, 11) is -2.66. The number of aliphatic carboxylic acids is 1. The van der Waals surface area contributed by atoms with Crippen molar-refractivity contribution in [2.24, 2.45) is 5.92 Å². The first-order valence-corrected chi connectivity index (χ1v) is 7.70. The van der Waals surface area contributed by atoms with E-state index in [4.69, 9.17) is 5.11 Å². The molecule has 11 heteroatoms. The molecule has 2 N–H and O–H groups in total. The minimum absolute atomic E-state index is 0.0655. The molecular formula is C9H14N4O5S2. The van der Waals surface area contributed by atoms with Crippen molar-refractivity contribution >= 4 is 38.4 Å². The molecule has 0 bridgehead atoms. The van der Waals surface area contributed by atoms with E-state index in [0.29, 0.717) is 11.3 Å². The van der Waals surface area contributed by atoms with Gasteiger partial charge in [-0.25, -0.2) is 8.42 Å². The van der Waals surface area contributed by atoms with Crippen LogP contribution in [0.1, 0.15) is 13.8 Å². The number of aromatic nitrogens is 2. The zero-order chi connectivity index (χ0) is 15.5. The van der Waals surface area contributed by atoms with Gasteiger partial charge in [0.1, 0.15) is 0 Å². The third-order valence-corrected chi connectivity index (χ3v) is 5.28. The van der Waals surface area contributed by atoms with Crippen molar-refractivity contribution in [2.45, 2.75) is 18.2 Å². The molecule has 1 unspecified atom stereocenters. The number of nitrogens with zero attached hydrogens (tertiary/aromatic N) is 3. The highest BCUT2D eigenvalue weighted by atomic mass is 32.2. The summed E-state index contributed by atoms with van der Waals surface area (Å²) < 4.78 is 24.8. The quantitative estimate of drug-likeness (QED) is 0.696. The summed E-state index contributed by atoms with van der Waals surface area (Å²) in [6, 6.07) is 0. The Morgan fingerprint density at radius 3 is 2.55 bits per heavy atom. The molecule has 1 aromatic heterocycles. The molecule has 1 rings (SSSR count). The summed E-state index contributed by atoms with van der Waals surface area (Å²) in [6.07, 6.45) is 0. The monoisotopic (exact) mass is 322 g/mol. The first kappa shape index (κ1) is 16.5. The molecule has 1 aromatic rings. The van der Waals surface area contributed by atoms with Gasteiger partial charge in [0, 0.05) is 20.5 Å². The number of carboxylic acids is 1. The van der Waals surface area contributed by atoms with Crippen LogP contribution in [-0.2, 0) is 19.6 Å². The van der Waals surface area contributed by atoms with Gasteiger partial charge in [0.05, 0.1) is 5.92 Å². The third kappa shape index (κ3) is 3.95. The van der Waals surface area contributed by atoms with Crippen LogP contribution in [0.15, 0.2) is 4.34 Å². The molecule has 0 aliphatic rings. The Morgan fingerprint density at radius 2 is 2.05 bits per heavy atom. The fourth-order valence-corrected chi connectivity index (χ4v) is 3.60. The fraction of sp³-hybridized carbons (Fsp3) is 0.556. The van der Waals surface area contributed by atoms with E-state index in [-0.39, 0.29) is 16.0 Å². The minimum atomic E-state index is -3.92. The van der Waals surface area contributed by atoms with Gasteiger partial charge in [-0.1, -0.05) is 18.3 Å². The SMILES string of the molecule is CC(=O)Nc1nnc(S(=O)(=O)N(C)CC(C)C(=O)O)s1. The third-order valence-electron chi connectivity index (χ3n) is 2.27. The number of carbonyl (C=O) groups excluding carboxylic acids is 1. The lowest BCUT2D eigenvalue weighted by atomic mass is 10.2. The second-order valence-electron chi connectivity index (χ2n) is 4.08. The van der Waals surface area contributed by atoms with Gasteiger partial charge >= 0.3 is 5.97 Å². The minimum Gasteiger partial charge on any atom is -0.481 e. The fourth-order valence-electron chi connectivity index (χ4n) is 1.21. The molecule has 0 spiro atoms. The van der Waals surface area contributed by atoms with Crippen LogP contribution in [0.2, 0.25) is 0 Å². The molecular weight excluding hydrogens is 308 g/mol. The summed E-state index contributed by atoms with van der Waals surface area (Å²) in [5, 5.41) is 18.2. The van der Waals surface area contributed by atoms with E-state index >= 15 is 0 Å². The molecule has 1 atom stereocenters. The molecule has 0 radical (unpaired) electrons. The smallest absolute Gasteiger partial charge is 0.307 e. The number of anilines is 1. The molecule has 0 saturated carbocycles. The van der Waals surface area contributed by atoms with E-state index in [1.807, 2.05) is 0 Å². The Morgan fingerprint density at radius 1 is 1.45 bits per heavy atom. The summed E-state index contributed by atoms with van der Waals surface area (Å²) >= 11 is 0.701. The molecule has 1 amide bonds. The summed E-state index contributed by atoms with van der Waals surface area (Å²) in [5.74, 6) is -2.33. The van der Waals surface area contributed by atoms with Crippen LogP contribution in [0.4, 0.5) is 5.13 Å². The lowest BCUT2D eigenvalue weighted by Crippen LogP contribution is -2.33. The maximum Gasteiger partial charge on any atom is 0.307 e. The van der Waals surface area contributed by atoms with Crippen LogP contribution in [0.3, 0.4) is 0 Å². The largest absolute Gasteiger partial charge is 0.481 e. The van der Waals surface area contributed by atoms with E-state index in [9.17, 15) is 18.0 Å². The van der Waals surface area contributed by atoms with Gasteiger partial charge in [0.25, 0.3) is 10.0 Å². The van der Waals surface area contributed by atoms with E-state index < -0.39 is 27.8 Å². The van der Waals surface area contributed by atoms with Crippen LogP contribution in [0.25, 0.3) is 0 Å². The van der Waals surface area contributed by atoms with Crippen LogP contribution in [0, 0.1) is 5.92 Å². The Bertz CT molecular complexity index is 612.